The molecule has 100 valence electrons. The molecular formula is C13H20N2O2S. The largest absolute Gasteiger partial charge is 0.480 e. The van der Waals surface area contributed by atoms with Crippen LogP contribution in [-0.2, 0) is 4.79 Å². The molecule has 18 heavy (non-hydrogen) atoms. The van der Waals surface area contributed by atoms with Gasteiger partial charge < -0.3 is 5.11 Å². The molecule has 0 aromatic carbocycles. The predicted molar refractivity (Wildman–Crippen MR) is 73.0 cm³/mol. The predicted octanol–water partition coefficient (Wildman–Crippen LogP) is 1.90. The Morgan fingerprint density at radius 2 is 2.17 bits per heavy atom. The number of carbonyl (C=O) groups is 1. The van der Waals surface area contributed by atoms with Crippen LogP contribution in [-0.4, -0.2) is 53.6 Å². The molecule has 0 aliphatic carbocycles. The number of hydrogen-bond acceptors (Lipinski definition) is 4. The molecule has 1 aliphatic heterocycles. The van der Waals surface area contributed by atoms with Crippen LogP contribution >= 0.6 is 11.3 Å². The Bertz CT molecular complexity index is 372. The number of thiophene rings is 1. The number of aliphatic carboxylic acids is 1. The van der Waals surface area contributed by atoms with Crippen LogP contribution in [0.2, 0.25) is 0 Å². The maximum Gasteiger partial charge on any atom is 0.317 e. The zero-order valence-electron chi connectivity index (χ0n) is 10.7. The van der Waals surface area contributed by atoms with E-state index in [-0.39, 0.29) is 6.54 Å². The standard InChI is InChI=1S/C13H20N2O2S/c1-2-11(12-4-3-9-18-12)15-7-5-14(6-8-15)10-13(16)17/h3-4,9,11H,2,5-8,10H2,1H3,(H,16,17). The molecule has 0 radical (unpaired) electrons. The average molecular weight is 268 g/mol. The van der Waals surface area contributed by atoms with Gasteiger partial charge in [-0.1, -0.05) is 13.0 Å². The lowest BCUT2D eigenvalue weighted by Crippen LogP contribution is -2.48. The highest BCUT2D eigenvalue weighted by molar-refractivity contribution is 7.10. The van der Waals surface area contributed by atoms with Crippen LogP contribution in [0.5, 0.6) is 0 Å². The molecule has 1 unspecified atom stereocenters. The van der Waals surface area contributed by atoms with Gasteiger partial charge in [0, 0.05) is 37.1 Å². The van der Waals surface area contributed by atoms with E-state index >= 15 is 0 Å². The van der Waals surface area contributed by atoms with E-state index in [1.54, 1.807) is 0 Å². The maximum absolute atomic E-state index is 10.7. The molecule has 4 nitrogen and oxygen atoms in total. The summed E-state index contributed by atoms with van der Waals surface area (Å²) in [6.45, 7) is 6.02. The van der Waals surface area contributed by atoms with Gasteiger partial charge in [-0.25, -0.2) is 0 Å². The summed E-state index contributed by atoms with van der Waals surface area (Å²) < 4.78 is 0. The summed E-state index contributed by atoms with van der Waals surface area (Å²) in [7, 11) is 0. The van der Waals surface area contributed by atoms with Gasteiger partial charge in [0.2, 0.25) is 0 Å². The van der Waals surface area contributed by atoms with Gasteiger partial charge in [-0.3, -0.25) is 14.6 Å². The average Bonchev–Trinajstić information content (AvgIpc) is 2.85. The molecule has 0 saturated carbocycles. The van der Waals surface area contributed by atoms with Gasteiger partial charge in [-0.15, -0.1) is 11.3 Å². The van der Waals surface area contributed by atoms with Crippen molar-refractivity contribution in [2.75, 3.05) is 32.7 Å². The Morgan fingerprint density at radius 1 is 1.44 bits per heavy atom. The smallest absolute Gasteiger partial charge is 0.317 e. The van der Waals surface area contributed by atoms with Crippen LogP contribution in [0, 0.1) is 0 Å². The topological polar surface area (TPSA) is 43.8 Å². The molecule has 1 aromatic heterocycles. The molecule has 1 atom stereocenters. The minimum absolute atomic E-state index is 0.170. The lowest BCUT2D eigenvalue weighted by Gasteiger charge is -2.38. The van der Waals surface area contributed by atoms with E-state index in [1.807, 2.05) is 16.2 Å². The molecule has 1 N–H and O–H groups in total. The summed E-state index contributed by atoms with van der Waals surface area (Å²) in [6.07, 6.45) is 1.11. The minimum Gasteiger partial charge on any atom is -0.480 e. The van der Waals surface area contributed by atoms with Gasteiger partial charge >= 0.3 is 5.97 Å². The van der Waals surface area contributed by atoms with Gasteiger partial charge in [0.25, 0.3) is 0 Å². The van der Waals surface area contributed by atoms with Gasteiger partial charge in [0.15, 0.2) is 0 Å². The van der Waals surface area contributed by atoms with Crippen LogP contribution in [0.3, 0.4) is 0 Å². The Balaban J connectivity index is 1.90. The third-order valence-corrected chi connectivity index (χ3v) is 4.44. The Kier molecular flexibility index (Phi) is 4.74. The molecule has 1 aliphatic rings. The number of carboxylic acids is 1. The maximum atomic E-state index is 10.7. The minimum atomic E-state index is -0.728. The van der Waals surface area contributed by atoms with E-state index in [2.05, 4.69) is 29.3 Å². The van der Waals surface area contributed by atoms with E-state index in [0.29, 0.717) is 6.04 Å². The molecule has 1 aromatic rings. The summed E-state index contributed by atoms with van der Waals surface area (Å²) in [5.74, 6) is -0.728. The number of piperazine rings is 1. The van der Waals surface area contributed by atoms with Crippen molar-refractivity contribution < 1.29 is 9.90 Å². The van der Waals surface area contributed by atoms with Crippen molar-refractivity contribution in [2.24, 2.45) is 0 Å². The van der Waals surface area contributed by atoms with Crippen LogP contribution in [0.4, 0.5) is 0 Å². The summed E-state index contributed by atoms with van der Waals surface area (Å²) >= 11 is 1.81. The Labute approximate surface area is 112 Å². The fraction of sp³-hybridized carbons (Fsp3) is 0.615. The van der Waals surface area contributed by atoms with Gasteiger partial charge in [-0.05, 0) is 17.9 Å². The highest BCUT2D eigenvalue weighted by Crippen LogP contribution is 2.28. The first kappa shape index (κ1) is 13.5. The fourth-order valence-electron chi connectivity index (χ4n) is 2.54. The molecule has 2 heterocycles. The number of carboxylic acid groups (broad SMARTS) is 1. The first-order valence-corrected chi connectivity index (χ1v) is 7.30. The number of rotatable bonds is 5. The summed E-state index contributed by atoms with van der Waals surface area (Å²) in [5, 5.41) is 10.9. The fourth-order valence-corrected chi connectivity index (χ4v) is 3.49. The first-order chi connectivity index (χ1) is 8.70. The van der Waals surface area contributed by atoms with Crippen LogP contribution in [0.1, 0.15) is 24.3 Å². The molecule has 0 amide bonds. The molecular weight excluding hydrogens is 248 g/mol. The summed E-state index contributed by atoms with van der Waals surface area (Å²) in [5.41, 5.74) is 0. The Hall–Kier alpha value is -0.910. The highest BCUT2D eigenvalue weighted by atomic mass is 32.1. The van der Waals surface area contributed by atoms with Crippen molar-refractivity contribution >= 4 is 17.3 Å². The second kappa shape index (κ2) is 6.31. The van der Waals surface area contributed by atoms with E-state index in [4.69, 9.17) is 5.11 Å². The van der Waals surface area contributed by atoms with Crippen LogP contribution < -0.4 is 0 Å². The van der Waals surface area contributed by atoms with Crippen LogP contribution in [0.15, 0.2) is 17.5 Å². The SMILES string of the molecule is CCC(c1cccs1)N1CCN(CC(=O)O)CC1. The van der Waals surface area contributed by atoms with Gasteiger partial charge in [-0.2, -0.15) is 0 Å². The third kappa shape index (κ3) is 3.31. The monoisotopic (exact) mass is 268 g/mol. The van der Waals surface area contributed by atoms with E-state index < -0.39 is 5.97 Å². The molecule has 0 bridgehead atoms. The second-order valence-electron chi connectivity index (χ2n) is 4.65. The van der Waals surface area contributed by atoms with Crippen molar-refractivity contribution in [3.8, 4) is 0 Å². The van der Waals surface area contributed by atoms with E-state index in [0.717, 1.165) is 32.6 Å². The normalized spacial score (nSPS) is 19.8. The van der Waals surface area contributed by atoms with E-state index in [9.17, 15) is 4.79 Å². The van der Waals surface area contributed by atoms with Crippen molar-refractivity contribution in [2.45, 2.75) is 19.4 Å². The second-order valence-corrected chi connectivity index (χ2v) is 5.62. The zero-order valence-corrected chi connectivity index (χ0v) is 11.5. The van der Waals surface area contributed by atoms with Crippen molar-refractivity contribution in [3.05, 3.63) is 22.4 Å². The van der Waals surface area contributed by atoms with Crippen molar-refractivity contribution in [1.29, 1.82) is 0 Å². The molecule has 1 fully saturated rings. The summed E-state index contributed by atoms with van der Waals surface area (Å²) in [4.78, 5) is 16.6. The highest BCUT2D eigenvalue weighted by Gasteiger charge is 2.25. The molecule has 2 rings (SSSR count). The van der Waals surface area contributed by atoms with Crippen LogP contribution in [0.25, 0.3) is 0 Å². The van der Waals surface area contributed by atoms with Gasteiger partial charge in [0.05, 0.1) is 6.54 Å². The zero-order chi connectivity index (χ0) is 13.0. The summed E-state index contributed by atoms with van der Waals surface area (Å²) in [6, 6.07) is 4.79. The number of nitrogens with zero attached hydrogens (tertiary/aromatic N) is 2. The molecule has 0 spiro atoms. The molecule has 5 heteroatoms. The third-order valence-electron chi connectivity index (χ3n) is 3.46. The van der Waals surface area contributed by atoms with Crippen molar-refractivity contribution in [1.82, 2.24) is 9.80 Å². The lowest BCUT2D eigenvalue weighted by molar-refractivity contribution is -0.138. The molecule has 1 saturated heterocycles. The van der Waals surface area contributed by atoms with Gasteiger partial charge in [0.1, 0.15) is 0 Å². The lowest BCUT2D eigenvalue weighted by atomic mass is 10.1. The van der Waals surface area contributed by atoms with Crippen molar-refractivity contribution in [3.63, 3.8) is 0 Å². The quantitative estimate of drug-likeness (QED) is 0.886. The Morgan fingerprint density at radius 3 is 2.67 bits per heavy atom. The number of hydrogen-bond donors (Lipinski definition) is 1. The van der Waals surface area contributed by atoms with E-state index in [1.165, 1.54) is 4.88 Å². The first-order valence-electron chi connectivity index (χ1n) is 6.42.